The van der Waals surface area contributed by atoms with E-state index in [0.29, 0.717) is 16.9 Å². The first-order chi connectivity index (χ1) is 9.16. The molecule has 0 spiro atoms. The van der Waals surface area contributed by atoms with Crippen molar-refractivity contribution >= 4 is 11.0 Å². The molecule has 1 fully saturated rings. The molecule has 19 heavy (non-hydrogen) atoms. The largest absolute Gasteiger partial charge is 0.381 e. The van der Waals surface area contributed by atoms with Gasteiger partial charge in [-0.05, 0) is 12.8 Å². The molecule has 0 aliphatic carbocycles. The third kappa shape index (κ3) is 2.16. The van der Waals surface area contributed by atoms with E-state index >= 15 is 0 Å². The van der Waals surface area contributed by atoms with E-state index in [-0.39, 0.29) is 17.5 Å². The smallest absolute Gasteiger partial charge is 0.262 e. The van der Waals surface area contributed by atoms with Crippen LogP contribution in [0, 0.1) is 0 Å². The lowest BCUT2D eigenvalue weighted by Gasteiger charge is -2.22. The molecule has 6 heteroatoms. The molecule has 0 radical (unpaired) electrons. The van der Waals surface area contributed by atoms with Gasteiger partial charge in [-0.15, -0.1) is 0 Å². The Morgan fingerprint density at radius 3 is 2.84 bits per heavy atom. The minimum atomic E-state index is -0.105. The fraction of sp³-hybridized carbons (Fsp3) is 0.615. The molecule has 6 nitrogen and oxygen atoms in total. The van der Waals surface area contributed by atoms with Gasteiger partial charge in [0, 0.05) is 19.1 Å². The second kappa shape index (κ2) is 4.77. The van der Waals surface area contributed by atoms with E-state index in [0.717, 1.165) is 26.1 Å². The highest BCUT2D eigenvalue weighted by molar-refractivity contribution is 5.73. The van der Waals surface area contributed by atoms with Gasteiger partial charge in [-0.25, -0.2) is 9.67 Å². The fourth-order valence-corrected chi connectivity index (χ4v) is 2.42. The van der Waals surface area contributed by atoms with Crippen LogP contribution >= 0.6 is 0 Å². The van der Waals surface area contributed by atoms with Gasteiger partial charge in [-0.1, -0.05) is 13.8 Å². The quantitative estimate of drug-likeness (QED) is 0.892. The third-order valence-electron chi connectivity index (χ3n) is 3.57. The molecule has 0 saturated carbocycles. The highest BCUT2D eigenvalue weighted by atomic mass is 16.5. The number of hydrogen-bond donors (Lipinski definition) is 1. The third-order valence-corrected chi connectivity index (χ3v) is 3.57. The zero-order valence-electron chi connectivity index (χ0n) is 11.2. The molecule has 1 aliphatic rings. The van der Waals surface area contributed by atoms with Gasteiger partial charge in [-0.3, -0.25) is 4.79 Å². The monoisotopic (exact) mass is 262 g/mol. The van der Waals surface area contributed by atoms with Crippen molar-refractivity contribution in [1.82, 2.24) is 19.7 Å². The minimum Gasteiger partial charge on any atom is -0.381 e. The van der Waals surface area contributed by atoms with Crippen molar-refractivity contribution in [3.8, 4) is 0 Å². The van der Waals surface area contributed by atoms with Crippen LogP contribution < -0.4 is 5.56 Å². The van der Waals surface area contributed by atoms with E-state index in [2.05, 4.69) is 15.1 Å². The molecule has 1 saturated heterocycles. The molecule has 1 aliphatic heterocycles. The van der Waals surface area contributed by atoms with Gasteiger partial charge in [-0.2, -0.15) is 5.10 Å². The summed E-state index contributed by atoms with van der Waals surface area (Å²) in [6.45, 7) is 5.51. The van der Waals surface area contributed by atoms with E-state index < -0.39 is 0 Å². The Morgan fingerprint density at radius 1 is 1.42 bits per heavy atom. The summed E-state index contributed by atoms with van der Waals surface area (Å²) in [5.74, 6) is 0.904. The van der Waals surface area contributed by atoms with Crippen LogP contribution in [-0.4, -0.2) is 33.0 Å². The van der Waals surface area contributed by atoms with Crippen molar-refractivity contribution in [2.45, 2.75) is 38.6 Å². The minimum absolute atomic E-state index is 0.105. The van der Waals surface area contributed by atoms with E-state index in [1.54, 1.807) is 6.20 Å². The predicted molar refractivity (Wildman–Crippen MR) is 71.3 cm³/mol. The lowest BCUT2D eigenvalue weighted by molar-refractivity contribution is 0.0673. The molecule has 0 amide bonds. The highest BCUT2D eigenvalue weighted by Gasteiger charge is 2.20. The first-order valence-electron chi connectivity index (χ1n) is 6.72. The number of hydrogen-bond acceptors (Lipinski definition) is 4. The van der Waals surface area contributed by atoms with Crippen LogP contribution in [0.15, 0.2) is 11.0 Å². The van der Waals surface area contributed by atoms with E-state index in [4.69, 9.17) is 4.74 Å². The van der Waals surface area contributed by atoms with E-state index in [1.165, 1.54) is 0 Å². The van der Waals surface area contributed by atoms with Gasteiger partial charge in [0.05, 0.1) is 12.2 Å². The van der Waals surface area contributed by atoms with Crippen LogP contribution in [0.2, 0.25) is 0 Å². The second-order valence-electron chi connectivity index (χ2n) is 5.28. The topological polar surface area (TPSA) is 72.8 Å². The second-order valence-corrected chi connectivity index (χ2v) is 5.28. The Hall–Kier alpha value is -1.69. The average molecular weight is 262 g/mol. The molecule has 3 rings (SSSR count). The number of H-pyrrole nitrogens is 1. The fourth-order valence-electron chi connectivity index (χ4n) is 2.42. The summed E-state index contributed by atoms with van der Waals surface area (Å²) >= 11 is 0. The maximum atomic E-state index is 12.0. The van der Waals surface area contributed by atoms with E-state index in [9.17, 15) is 4.79 Å². The zero-order chi connectivity index (χ0) is 13.4. The number of ether oxygens (including phenoxy) is 1. The van der Waals surface area contributed by atoms with Crippen molar-refractivity contribution in [2.75, 3.05) is 13.2 Å². The molecule has 2 aromatic rings. The molecule has 0 unspecified atom stereocenters. The Balaban J connectivity index is 2.12. The number of aromatic nitrogens is 4. The van der Waals surface area contributed by atoms with Gasteiger partial charge in [0.15, 0.2) is 5.65 Å². The average Bonchev–Trinajstić information content (AvgIpc) is 2.84. The van der Waals surface area contributed by atoms with Gasteiger partial charge in [0.25, 0.3) is 5.56 Å². The van der Waals surface area contributed by atoms with Gasteiger partial charge in [0.1, 0.15) is 11.2 Å². The first kappa shape index (κ1) is 12.3. The molecular formula is C13H18N4O2. The lowest BCUT2D eigenvalue weighted by Crippen LogP contribution is -2.21. The Morgan fingerprint density at radius 2 is 2.16 bits per heavy atom. The summed E-state index contributed by atoms with van der Waals surface area (Å²) in [4.78, 5) is 19.4. The number of nitrogens with one attached hydrogen (secondary N) is 1. The summed E-state index contributed by atoms with van der Waals surface area (Å²) in [7, 11) is 0. The molecular weight excluding hydrogens is 244 g/mol. The van der Waals surface area contributed by atoms with Crippen molar-refractivity contribution in [1.29, 1.82) is 0 Å². The Kier molecular flexibility index (Phi) is 3.10. The lowest BCUT2D eigenvalue weighted by atomic mass is 10.1. The Bertz CT molecular complexity index is 638. The number of aromatic amines is 1. The molecule has 0 bridgehead atoms. The van der Waals surface area contributed by atoms with Gasteiger partial charge >= 0.3 is 0 Å². The van der Waals surface area contributed by atoms with Crippen molar-refractivity contribution in [2.24, 2.45) is 0 Å². The van der Waals surface area contributed by atoms with Crippen molar-refractivity contribution in [3.05, 3.63) is 22.4 Å². The number of fused-ring (bicyclic) bond motifs is 1. The van der Waals surface area contributed by atoms with Crippen LogP contribution in [0.25, 0.3) is 11.0 Å². The standard InChI is InChI=1S/C13H18N4O2/c1-8(2)11-15-12-10(13(18)16-11)7-14-17(12)9-3-5-19-6-4-9/h7-9H,3-6H2,1-2H3,(H,15,16,18). The predicted octanol–water partition coefficient (Wildman–Crippen LogP) is 1.59. The molecule has 0 atom stereocenters. The molecule has 0 aromatic carbocycles. The zero-order valence-corrected chi connectivity index (χ0v) is 11.2. The van der Waals surface area contributed by atoms with E-state index in [1.807, 2.05) is 18.5 Å². The summed E-state index contributed by atoms with van der Waals surface area (Å²) in [6, 6.07) is 0.278. The van der Waals surface area contributed by atoms with Crippen LogP contribution in [0.4, 0.5) is 0 Å². The Labute approximate surface area is 110 Å². The molecule has 2 aromatic heterocycles. The number of nitrogens with zero attached hydrogens (tertiary/aromatic N) is 3. The van der Waals surface area contributed by atoms with Crippen molar-refractivity contribution in [3.63, 3.8) is 0 Å². The normalized spacial score (nSPS) is 17.4. The summed E-state index contributed by atoms with van der Waals surface area (Å²) in [5.41, 5.74) is 0.589. The summed E-state index contributed by atoms with van der Waals surface area (Å²) in [5, 5.41) is 4.92. The summed E-state index contributed by atoms with van der Waals surface area (Å²) in [6.07, 6.45) is 3.45. The maximum absolute atomic E-state index is 12.0. The molecule has 1 N–H and O–H groups in total. The van der Waals surface area contributed by atoms with Crippen molar-refractivity contribution < 1.29 is 4.74 Å². The van der Waals surface area contributed by atoms with Crippen LogP contribution in [0.3, 0.4) is 0 Å². The SMILES string of the molecule is CC(C)c1nc2c(cnn2C2CCOCC2)c(=O)[nH]1. The molecule has 102 valence electrons. The van der Waals surface area contributed by atoms with Crippen LogP contribution in [0.1, 0.15) is 44.5 Å². The highest BCUT2D eigenvalue weighted by Crippen LogP contribution is 2.23. The van der Waals surface area contributed by atoms with Gasteiger partial charge in [0.2, 0.25) is 0 Å². The number of rotatable bonds is 2. The molecule has 3 heterocycles. The van der Waals surface area contributed by atoms with Crippen LogP contribution in [0.5, 0.6) is 0 Å². The first-order valence-corrected chi connectivity index (χ1v) is 6.72. The van der Waals surface area contributed by atoms with Gasteiger partial charge < -0.3 is 9.72 Å². The maximum Gasteiger partial charge on any atom is 0.262 e. The summed E-state index contributed by atoms with van der Waals surface area (Å²) < 4.78 is 7.25. The van der Waals surface area contributed by atoms with Crippen LogP contribution in [-0.2, 0) is 4.74 Å².